The van der Waals surface area contributed by atoms with Gasteiger partial charge in [0.1, 0.15) is 0 Å². The first-order valence-electron chi connectivity index (χ1n) is 7.14. The predicted molar refractivity (Wildman–Crippen MR) is 84.7 cm³/mol. The van der Waals surface area contributed by atoms with Crippen LogP contribution in [0.3, 0.4) is 0 Å². The van der Waals surface area contributed by atoms with Crippen molar-refractivity contribution in [2.75, 3.05) is 6.54 Å². The van der Waals surface area contributed by atoms with Crippen molar-refractivity contribution >= 4 is 11.6 Å². The van der Waals surface area contributed by atoms with Gasteiger partial charge in [0, 0.05) is 22.8 Å². The molecule has 0 radical (unpaired) electrons. The smallest absolute Gasteiger partial charge is 0.0663 e. The van der Waals surface area contributed by atoms with Crippen molar-refractivity contribution in [2.24, 2.45) is 0 Å². The summed E-state index contributed by atoms with van der Waals surface area (Å²) in [5, 5.41) is 8.70. The van der Waals surface area contributed by atoms with Gasteiger partial charge >= 0.3 is 0 Å². The number of hydrogen-bond donors (Lipinski definition) is 1. The molecule has 0 aliphatic heterocycles. The van der Waals surface area contributed by atoms with Crippen molar-refractivity contribution in [2.45, 2.75) is 40.2 Å². The quantitative estimate of drug-likeness (QED) is 0.814. The molecule has 0 saturated heterocycles. The van der Waals surface area contributed by atoms with Gasteiger partial charge in [-0.05, 0) is 44.5 Å². The molecule has 0 amide bonds. The SMILES string of the molecule is CCCCNCc1cnn(-c2ccc(C)c(Cl)c2)c1C. The molecular formula is C16H22ClN3. The molecule has 2 rings (SSSR count). The largest absolute Gasteiger partial charge is 0.313 e. The van der Waals surface area contributed by atoms with E-state index < -0.39 is 0 Å². The van der Waals surface area contributed by atoms with Crippen molar-refractivity contribution in [3.05, 3.63) is 46.2 Å². The first-order chi connectivity index (χ1) is 9.63. The third kappa shape index (κ3) is 3.41. The first kappa shape index (κ1) is 15.1. The highest BCUT2D eigenvalue weighted by Gasteiger charge is 2.08. The monoisotopic (exact) mass is 291 g/mol. The molecule has 1 aromatic carbocycles. The van der Waals surface area contributed by atoms with Crippen LogP contribution in [0.1, 0.15) is 36.6 Å². The highest BCUT2D eigenvalue weighted by Crippen LogP contribution is 2.21. The maximum absolute atomic E-state index is 6.19. The van der Waals surface area contributed by atoms with Gasteiger partial charge in [0.25, 0.3) is 0 Å². The number of unbranched alkanes of at least 4 members (excludes halogenated alkanes) is 1. The van der Waals surface area contributed by atoms with Gasteiger partial charge in [-0.25, -0.2) is 4.68 Å². The van der Waals surface area contributed by atoms with Crippen LogP contribution in [0.15, 0.2) is 24.4 Å². The molecule has 4 heteroatoms. The molecule has 0 aliphatic rings. The fourth-order valence-corrected chi connectivity index (χ4v) is 2.29. The second-order valence-corrected chi connectivity index (χ2v) is 5.54. The Morgan fingerprint density at radius 1 is 1.30 bits per heavy atom. The van der Waals surface area contributed by atoms with Crippen molar-refractivity contribution in [1.29, 1.82) is 0 Å². The Labute approximate surface area is 126 Å². The lowest BCUT2D eigenvalue weighted by molar-refractivity contribution is 0.639. The van der Waals surface area contributed by atoms with Crippen LogP contribution in [0, 0.1) is 13.8 Å². The van der Waals surface area contributed by atoms with Crippen LogP contribution in [-0.4, -0.2) is 16.3 Å². The summed E-state index contributed by atoms with van der Waals surface area (Å²) in [6, 6.07) is 6.04. The molecule has 20 heavy (non-hydrogen) atoms. The van der Waals surface area contributed by atoms with Crippen LogP contribution < -0.4 is 5.32 Å². The van der Waals surface area contributed by atoms with Crippen LogP contribution in [-0.2, 0) is 6.54 Å². The number of hydrogen-bond acceptors (Lipinski definition) is 2. The summed E-state index contributed by atoms with van der Waals surface area (Å²) in [6.45, 7) is 8.22. The molecule has 0 atom stereocenters. The Morgan fingerprint density at radius 2 is 2.10 bits per heavy atom. The van der Waals surface area contributed by atoms with Gasteiger partial charge in [0.05, 0.1) is 11.9 Å². The van der Waals surface area contributed by atoms with E-state index in [1.54, 1.807) is 0 Å². The Bertz CT molecular complexity index is 575. The molecule has 108 valence electrons. The van der Waals surface area contributed by atoms with Crippen LogP contribution >= 0.6 is 11.6 Å². The molecule has 1 aromatic heterocycles. The Kier molecular flexibility index (Phi) is 5.21. The normalized spacial score (nSPS) is 11.0. The average Bonchev–Trinajstić information content (AvgIpc) is 2.80. The van der Waals surface area contributed by atoms with Gasteiger partial charge in [-0.15, -0.1) is 0 Å². The number of benzene rings is 1. The third-order valence-electron chi connectivity index (χ3n) is 3.53. The van der Waals surface area contributed by atoms with Crippen LogP contribution in [0.4, 0.5) is 0 Å². The van der Waals surface area contributed by atoms with Gasteiger partial charge in [-0.2, -0.15) is 5.10 Å². The zero-order chi connectivity index (χ0) is 14.5. The van der Waals surface area contributed by atoms with Crippen LogP contribution in [0.25, 0.3) is 5.69 Å². The van der Waals surface area contributed by atoms with Crippen LogP contribution in [0.2, 0.25) is 5.02 Å². The Balaban J connectivity index is 2.13. The molecule has 1 N–H and O–H groups in total. The molecule has 2 aromatic rings. The van der Waals surface area contributed by atoms with E-state index in [0.29, 0.717) is 0 Å². The third-order valence-corrected chi connectivity index (χ3v) is 3.94. The maximum atomic E-state index is 6.19. The average molecular weight is 292 g/mol. The maximum Gasteiger partial charge on any atom is 0.0663 e. The fraction of sp³-hybridized carbons (Fsp3) is 0.438. The molecule has 0 saturated carbocycles. The van der Waals surface area contributed by atoms with Crippen molar-refractivity contribution < 1.29 is 0 Å². The highest BCUT2D eigenvalue weighted by molar-refractivity contribution is 6.31. The number of aromatic nitrogens is 2. The first-order valence-corrected chi connectivity index (χ1v) is 7.52. The van der Waals surface area contributed by atoms with E-state index in [1.807, 2.05) is 29.9 Å². The lowest BCUT2D eigenvalue weighted by Gasteiger charge is -2.08. The topological polar surface area (TPSA) is 29.9 Å². The van der Waals surface area contributed by atoms with Crippen LogP contribution in [0.5, 0.6) is 0 Å². The lowest BCUT2D eigenvalue weighted by Crippen LogP contribution is -2.14. The van der Waals surface area contributed by atoms with Gasteiger partial charge in [-0.3, -0.25) is 0 Å². The van der Waals surface area contributed by atoms with E-state index in [2.05, 4.69) is 30.3 Å². The van der Waals surface area contributed by atoms with E-state index in [0.717, 1.165) is 35.1 Å². The zero-order valence-corrected chi connectivity index (χ0v) is 13.2. The van der Waals surface area contributed by atoms with Crippen molar-refractivity contribution in [3.8, 4) is 5.69 Å². The van der Waals surface area contributed by atoms with Gasteiger partial charge in [0.2, 0.25) is 0 Å². The minimum absolute atomic E-state index is 0.778. The lowest BCUT2D eigenvalue weighted by atomic mass is 10.2. The standard InChI is InChI=1S/C16H22ClN3/c1-4-5-8-18-10-14-11-19-20(13(14)3)15-7-6-12(2)16(17)9-15/h6-7,9,11,18H,4-5,8,10H2,1-3H3. The van der Waals surface area contributed by atoms with E-state index >= 15 is 0 Å². The summed E-state index contributed by atoms with van der Waals surface area (Å²) in [4.78, 5) is 0. The fourth-order valence-electron chi connectivity index (χ4n) is 2.12. The van der Waals surface area contributed by atoms with Gasteiger partial charge < -0.3 is 5.32 Å². The van der Waals surface area contributed by atoms with Crippen molar-refractivity contribution in [1.82, 2.24) is 15.1 Å². The number of nitrogens with one attached hydrogen (secondary N) is 1. The highest BCUT2D eigenvalue weighted by atomic mass is 35.5. The van der Waals surface area contributed by atoms with Gasteiger partial charge in [0.15, 0.2) is 0 Å². The molecule has 1 heterocycles. The Hall–Kier alpha value is -1.32. The number of aryl methyl sites for hydroxylation is 1. The summed E-state index contributed by atoms with van der Waals surface area (Å²) in [6.07, 6.45) is 4.36. The summed E-state index contributed by atoms with van der Waals surface area (Å²) >= 11 is 6.19. The summed E-state index contributed by atoms with van der Waals surface area (Å²) in [5.41, 5.74) is 4.49. The number of rotatable bonds is 6. The zero-order valence-electron chi connectivity index (χ0n) is 12.4. The molecule has 0 unspecified atom stereocenters. The second kappa shape index (κ2) is 6.91. The minimum Gasteiger partial charge on any atom is -0.313 e. The molecule has 0 bridgehead atoms. The van der Waals surface area contributed by atoms with Gasteiger partial charge in [-0.1, -0.05) is 31.0 Å². The van der Waals surface area contributed by atoms with E-state index in [9.17, 15) is 0 Å². The molecule has 0 aliphatic carbocycles. The molecule has 0 fully saturated rings. The second-order valence-electron chi connectivity index (χ2n) is 5.13. The summed E-state index contributed by atoms with van der Waals surface area (Å²) < 4.78 is 1.95. The molecule has 0 spiro atoms. The summed E-state index contributed by atoms with van der Waals surface area (Å²) in [7, 11) is 0. The summed E-state index contributed by atoms with van der Waals surface area (Å²) in [5.74, 6) is 0. The number of halogens is 1. The number of nitrogens with zero attached hydrogens (tertiary/aromatic N) is 2. The minimum atomic E-state index is 0.778. The van der Waals surface area contributed by atoms with E-state index in [-0.39, 0.29) is 0 Å². The van der Waals surface area contributed by atoms with E-state index in [1.165, 1.54) is 18.4 Å². The molecular weight excluding hydrogens is 270 g/mol. The Morgan fingerprint density at radius 3 is 2.80 bits per heavy atom. The molecule has 3 nitrogen and oxygen atoms in total. The van der Waals surface area contributed by atoms with Crippen molar-refractivity contribution in [3.63, 3.8) is 0 Å². The van der Waals surface area contributed by atoms with E-state index in [4.69, 9.17) is 11.6 Å². The predicted octanol–water partition coefficient (Wildman–Crippen LogP) is 4.03.